The van der Waals surface area contributed by atoms with Gasteiger partial charge in [0.05, 0.1) is 23.0 Å². The van der Waals surface area contributed by atoms with Crippen LogP contribution in [0.2, 0.25) is 0 Å². The molecule has 0 bridgehead atoms. The molecule has 1 aliphatic rings. The Morgan fingerprint density at radius 2 is 1.79 bits per heavy atom. The van der Waals surface area contributed by atoms with Crippen LogP contribution >= 0.6 is 0 Å². The molecule has 3 rings (SSSR count). The summed E-state index contributed by atoms with van der Waals surface area (Å²) < 4.78 is 31.9. The summed E-state index contributed by atoms with van der Waals surface area (Å²) in [5.74, 6) is 0. The van der Waals surface area contributed by atoms with Crippen molar-refractivity contribution in [2.75, 3.05) is 36.9 Å². The van der Waals surface area contributed by atoms with E-state index in [0.717, 1.165) is 0 Å². The summed E-state index contributed by atoms with van der Waals surface area (Å²) in [4.78, 5) is 22.7. The van der Waals surface area contributed by atoms with Crippen molar-refractivity contribution in [3.8, 4) is 0 Å². The number of rotatable bonds is 5. The van der Waals surface area contributed by atoms with Crippen molar-refractivity contribution >= 4 is 33.1 Å². The number of sulfonamides is 1. The van der Waals surface area contributed by atoms with Crippen molar-refractivity contribution in [3.05, 3.63) is 58.6 Å². The van der Waals surface area contributed by atoms with E-state index in [1.54, 1.807) is 6.07 Å². The number of morpholine rings is 1. The van der Waals surface area contributed by atoms with Crippen molar-refractivity contribution in [2.24, 2.45) is 0 Å². The number of nitro groups is 1. The minimum Gasteiger partial charge on any atom is -0.379 e. The Labute approximate surface area is 161 Å². The Balaban J connectivity index is 1.74. The molecule has 0 aromatic heterocycles. The minimum atomic E-state index is -3.70. The van der Waals surface area contributed by atoms with Crippen molar-refractivity contribution < 1.29 is 22.9 Å². The van der Waals surface area contributed by atoms with E-state index in [0.29, 0.717) is 13.2 Å². The first-order valence-electron chi connectivity index (χ1n) is 8.37. The highest BCUT2D eigenvalue weighted by Gasteiger charge is 2.26. The third kappa shape index (κ3) is 4.44. The Kier molecular flexibility index (Phi) is 5.87. The van der Waals surface area contributed by atoms with Crippen LogP contribution < -0.4 is 10.6 Å². The minimum absolute atomic E-state index is 0.0297. The highest BCUT2D eigenvalue weighted by atomic mass is 32.2. The second kappa shape index (κ2) is 8.33. The summed E-state index contributed by atoms with van der Waals surface area (Å²) in [6, 6.07) is 10.8. The average Bonchev–Trinajstić information content (AvgIpc) is 2.69. The summed E-state index contributed by atoms with van der Waals surface area (Å²) in [5, 5.41) is 15.9. The second-order valence-corrected chi connectivity index (χ2v) is 7.84. The number of anilines is 2. The quantitative estimate of drug-likeness (QED) is 0.578. The van der Waals surface area contributed by atoms with E-state index in [9.17, 15) is 23.3 Å². The number of carbonyl (C=O) groups excluding carboxylic acids is 1. The number of carbonyl (C=O) groups is 1. The van der Waals surface area contributed by atoms with Gasteiger partial charge in [-0.05, 0) is 24.3 Å². The smallest absolute Gasteiger partial charge is 0.323 e. The molecule has 0 atom stereocenters. The molecule has 2 aromatic rings. The van der Waals surface area contributed by atoms with E-state index in [4.69, 9.17) is 4.74 Å². The molecule has 2 N–H and O–H groups in total. The predicted molar refractivity (Wildman–Crippen MR) is 102 cm³/mol. The van der Waals surface area contributed by atoms with E-state index >= 15 is 0 Å². The molecule has 10 nitrogen and oxygen atoms in total. The molecule has 2 amide bonds. The largest absolute Gasteiger partial charge is 0.379 e. The maximum absolute atomic E-state index is 12.7. The summed E-state index contributed by atoms with van der Waals surface area (Å²) in [6.45, 7) is 1.18. The molecule has 0 spiro atoms. The lowest BCUT2D eigenvalue weighted by atomic mass is 10.2. The number of amides is 2. The van der Waals surface area contributed by atoms with Crippen LogP contribution in [-0.4, -0.2) is 50.0 Å². The lowest BCUT2D eigenvalue weighted by Crippen LogP contribution is -2.40. The molecule has 2 aromatic carbocycles. The van der Waals surface area contributed by atoms with Crippen LogP contribution in [0.4, 0.5) is 21.9 Å². The van der Waals surface area contributed by atoms with Crippen molar-refractivity contribution in [2.45, 2.75) is 4.90 Å². The van der Waals surface area contributed by atoms with Crippen molar-refractivity contribution in [1.82, 2.24) is 4.31 Å². The number of benzene rings is 2. The van der Waals surface area contributed by atoms with E-state index in [1.165, 1.54) is 46.8 Å². The maximum Gasteiger partial charge on any atom is 0.323 e. The standard InChI is InChI=1S/C17H18N4O6S/c22-17(19-15-6-1-2-7-16(15)21(23)24)18-13-4-3-5-14(12-13)28(25,26)20-8-10-27-11-9-20/h1-7,12H,8-11H2,(H2,18,19,22). The van der Waals surface area contributed by atoms with Crippen molar-refractivity contribution in [3.63, 3.8) is 0 Å². The van der Waals surface area contributed by atoms with Gasteiger partial charge in [-0.25, -0.2) is 13.2 Å². The lowest BCUT2D eigenvalue weighted by Gasteiger charge is -2.26. The highest BCUT2D eigenvalue weighted by Crippen LogP contribution is 2.24. The molecule has 1 saturated heterocycles. The molecule has 0 aliphatic carbocycles. The van der Waals surface area contributed by atoms with Crippen LogP contribution in [0.5, 0.6) is 0 Å². The number of nitrogens with one attached hydrogen (secondary N) is 2. The van der Waals surface area contributed by atoms with Crippen LogP contribution in [0.15, 0.2) is 53.4 Å². The number of nitrogens with zero attached hydrogens (tertiary/aromatic N) is 2. The monoisotopic (exact) mass is 406 g/mol. The van der Waals surface area contributed by atoms with Gasteiger partial charge in [0, 0.05) is 24.8 Å². The molecule has 148 valence electrons. The second-order valence-electron chi connectivity index (χ2n) is 5.90. The highest BCUT2D eigenvalue weighted by molar-refractivity contribution is 7.89. The summed E-state index contributed by atoms with van der Waals surface area (Å²) >= 11 is 0. The number of urea groups is 1. The van der Waals surface area contributed by atoms with Crippen LogP contribution in [0.1, 0.15) is 0 Å². The van der Waals surface area contributed by atoms with Gasteiger partial charge in [-0.2, -0.15) is 4.31 Å². The number of hydrogen-bond acceptors (Lipinski definition) is 6. The fourth-order valence-corrected chi connectivity index (χ4v) is 4.15. The Hall–Kier alpha value is -3.02. The van der Waals surface area contributed by atoms with Gasteiger partial charge in [-0.15, -0.1) is 0 Å². The molecule has 28 heavy (non-hydrogen) atoms. The zero-order valence-corrected chi connectivity index (χ0v) is 15.5. The molecule has 1 fully saturated rings. The summed E-state index contributed by atoms with van der Waals surface area (Å²) in [5.41, 5.74) is 0.0220. The van der Waals surface area contributed by atoms with E-state index in [1.807, 2.05) is 0 Å². The molecule has 11 heteroatoms. The molecule has 1 aliphatic heterocycles. The molecule has 0 radical (unpaired) electrons. The molecular formula is C17H18N4O6S. The predicted octanol–water partition coefficient (Wildman–Crippen LogP) is 2.26. The van der Waals surface area contributed by atoms with E-state index in [-0.39, 0.29) is 35.0 Å². The third-order valence-electron chi connectivity index (χ3n) is 4.05. The molecule has 0 unspecified atom stereocenters. The number of ether oxygens (including phenoxy) is 1. The average molecular weight is 406 g/mol. The van der Waals surface area contributed by atoms with E-state index in [2.05, 4.69) is 10.6 Å². The summed E-state index contributed by atoms with van der Waals surface area (Å²) in [6.07, 6.45) is 0. The number of hydrogen-bond donors (Lipinski definition) is 2. The van der Waals surface area contributed by atoms with Crippen LogP contribution in [0.3, 0.4) is 0 Å². The first-order chi connectivity index (χ1) is 13.4. The maximum atomic E-state index is 12.7. The van der Waals surface area contributed by atoms with Gasteiger partial charge in [-0.1, -0.05) is 18.2 Å². The zero-order chi connectivity index (χ0) is 20.1. The zero-order valence-electron chi connectivity index (χ0n) is 14.7. The van der Waals surface area contributed by atoms with Gasteiger partial charge in [-0.3, -0.25) is 10.1 Å². The Morgan fingerprint density at radius 1 is 1.07 bits per heavy atom. The summed E-state index contributed by atoms with van der Waals surface area (Å²) in [7, 11) is -3.70. The first kappa shape index (κ1) is 19.7. The first-order valence-corrected chi connectivity index (χ1v) is 9.81. The fraction of sp³-hybridized carbons (Fsp3) is 0.235. The number of para-hydroxylation sites is 2. The topological polar surface area (TPSA) is 131 Å². The number of nitro benzene ring substituents is 1. The van der Waals surface area contributed by atoms with Gasteiger partial charge in [0.2, 0.25) is 10.0 Å². The van der Waals surface area contributed by atoms with Gasteiger partial charge < -0.3 is 15.4 Å². The normalized spacial score (nSPS) is 15.0. The molecule has 1 heterocycles. The Morgan fingerprint density at radius 3 is 2.50 bits per heavy atom. The SMILES string of the molecule is O=C(Nc1cccc(S(=O)(=O)N2CCOCC2)c1)Nc1ccccc1[N+](=O)[O-]. The van der Waals surface area contributed by atoms with Crippen molar-refractivity contribution in [1.29, 1.82) is 0 Å². The lowest BCUT2D eigenvalue weighted by molar-refractivity contribution is -0.383. The molecule has 0 saturated carbocycles. The van der Waals surface area contributed by atoms with Gasteiger partial charge in [0.25, 0.3) is 5.69 Å². The van der Waals surface area contributed by atoms with Gasteiger partial charge >= 0.3 is 6.03 Å². The van der Waals surface area contributed by atoms with Crippen LogP contribution in [-0.2, 0) is 14.8 Å². The Bertz CT molecular complexity index is 989. The third-order valence-corrected chi connectivity index (χ3v) is 5.94. The van der Waals surface area contributed by atoms with E-state index < -0.39 is 21.0 Å². The van der Waals surface area contributed by atoms with Gasteiger partial charge in [0.15, 0.2) is 0 Å². The molecular weight excluding hydrogens is 388 g/mol. The van der Waals surface area contributed by atoms with Gasteiger partial charge in [0.1, 0.15) is 5.69 Å². The van der Waals surface area contributed by atoms with Crippen LogP contribution in [0.25, 0.3) is 0 Å². The fourth-order valence-electron chi connectivity index (χ4n) is 2.69. The van der Waals surface area contributed by atoms with Crippen LogP contribution in [0, 0.1) is 10.1 Å².